The summed E-state index contributed by atoms with van der Waals surface area (Å²) in [7, 11) is 1.42. The molecule has 0 aliphatic carbocycles. The van der Waals surface area contributed by atoms with Crippen molar-refractivity contribution in [3.05, 3.63) is 59.1 Å². The predicted octanol–water partition coefficient (Wildman–Crippen LogP) is 2.72. The van der Waals surface area contributed by atoms with Gasteiger partial charge >= 0.3 is 0 Å². The van der Waals surface area contributed by atoms with Gasteiger partial charge in [0.05, 0.1) is 23.4 Å². The fourth-order valence-corrected chi connectivity index (χ4v) is 2.35. The number of rotatable bonds is 4. The fraction of sp³-hybridized carbons (Fsp3) is 0.0667. The Balaban J connectivity index is 1.95. The largest absolute Gasteiger partial charge is 0.496 e. The van der Waals surface area contributed by atoms with Gasteiger partial charge in [0.2, 0.25) is 0 Å². The van der Waals surface area contributed by atoms with Gasteiger partial charge < -0.3 is 10.1 Å². The first-order valence-corrected chi connectivity index (χ1v) is 7.14. The van der Waals surface area contributed by atoms with E-state index in [-0.39, 0.29) is 16.3 Å². The minimum atomic E-state index is -0.484. The molecule has 0 saturated carbocycles. The number of carbonyl (C=O) groups excluding carboxylic acids is 1. The normalized spacial score (nSPS) is 10.5. The maximum Gasteiger partial charge on any atom is 0.259 e. The molecular weight excluding hydrogens is 337 g/mol. The van der Waals surface area contributed by atoms with Gasteiger partial charge in [-0.3, -0.25) is 4.79 Å². The third kappa shape index (κ3) is 3.18. The Hall–Kier alpha value is -3.00. The Bertz CT molecular complexity index is 886. The van der Waals surface area contributed by atoms with E-state index in [0.717, 1.165) is 0 Å². The molecular formula is C15H11ClFN5O2. The summed E-state index contributed by atoms with van der Waals surface area (Å²) >= 11 is 6.21. The number of benzene rings is 2. The minimum absolute atomic E-state index is 0.198. The number of tetrazole rings is 1. The molecule has 0 spiro atoms. The van der Waals surface area contributed by atoms with Crippen LogP contribution in [0.5, 0.6) is 5.75 Å². The van der Waals surface area contributed by atoms with Crippen LogP contribution in [0.25, 0.3) is 5.69 Å². The van der Waals surface area contributed by atoms with Crippen LogP contribution < -0.4 is 10.1 Å². The number of carbonyl (C=O) groups is 1. The van der Waals surface area contributed by atoms with Gasteiger partial charge in [-0.25, -0.2) is 4.39 Å². The average Bonchev–Trinajstić information content (AvgIpc) is 3.08. The second kappa shape index (κ2) is 6.63. The van der Waals surface area contributed by atoms with Crippen LogP contribution >= 0.6 is 11.6 Å². The summed E-state index contributed by atoms with van der Waals surface area (Å²) in [6.07, 6.45) is 1.37. The number of nitrogens with zero attached hydrogens (tertiary/aromatic N) is 4. The molecule has 3 aromatic rings. The van der Waals surface area contributed by atoms with Crippen LogP contribution in [0.1, 0.15) is 10.4 Å². The molecule has 2 aromatic carbocycles. The molecule has 9 heteroatoms. The monoisotopic (exact) mass is 347 g/mol. The van der Waals surface area contributed by atoms with E-state index in [0.29, 0.717) is 11.4 Å². The first kappa shape index (κ1) is 15.9. The number of methoxy groups -OCH3 is 1. The van der Waals surface area contributed by atoms with E-state index in [9.17, 15) is 9.18 Å². The highest BCUT2D eigenvalue weighted by Crippen LogP contribution is 2.30. The zero-order valence-electron chi connectivity index (χ0n) is 12.4. The van der Waals surface area contributed by atoms with Gasteiger partial charge in [-0.15, -0.1) is 5.10 Å². The molecule has 0 atom stereocenters. The highest BCUT2D eigenvalue weighted by molar-refractivity contribution is 6.33. The van der Waals surface area contributed by atoms with Gasteiger partial charge in [0.15, 0.2) is 0 Å². The molecule has 0 unspecified atom stereocenters. The second-order valence-electron chi connectivity index (χ2n) is 4.72. The summed E-state index contributed by atoms with van der Waals surface area (Å²) in [4.78, 5) is 12.4. The van der Waals surface area contributed by atoms with Crippen molar-refractivity contribution >= 4 is 23.2 Å². The molecule has 0 aliphatic heterocycles. The summed E-state index contributed by atoms with van der Waals surface area (Å²) in [5.74, 6) is -0.659. The average molecular weight is 348 g/mol. The van der Waals surface area contributed by atoms with E-state index >= 15 is 0 Å². The molecule has 0 radical (unpaired) electrons. The van der Waals surface area contributed by atoms with Gasteiger partial charge in [0.25, 0.3) is 5.91 Å². The maximum atomic E-state index is 13.2. The van der Waals surface area contributed by atoms with Crippen LogP contribution in [-0.2, 0) is 0 Å². The topological polar surface area (TPSA) is 81.9 Å². The Morgan fingerprint density at radius 3 is 2.83 bits per heavy atom. The van der Waals surface area contributed by atoms with Crippen molar-refractivity contribution < 1.29 is 13.9 Å². The molecule has 0 aliphatic rings. The van der Waals surface area contributed by atoms with Gasteiger partial charge in [0, 0.05) is 11.8 Å². The van der Waals surface area contributed by atoms with Crippen molar-refractivity contribution in [2.75, 3.05) is 12.4 Å². The van der Waals surface area contributed by atoms with Gasteiger partial charge in [-0.1, -0.05) is 17.7 Å². The summed E-state index contributed by atoms with van der Waals surface area (Å²) in [5, 5.41) is 13.7. The summed E-state index contributed by atoms with van der Waals surface area (Å²) in [5.41, 5.74) is 0.979. The van der Waals surface area contributed by atoms with Crippen molar-refractivity contribution in [1.82, 2.24) is 20.2 Å². The number of aromatic nitrogens is 4. The van der Waals surface area contributed by atoms with Gasteiger partial charge in [0.1, 0.15) is 17.9 Å². The number of hydrogen-bond donors (Lipinski definition) is 1. The Morgan fingerprint density at radius 1 is 1.33 bits per heavy atom. The molecule has 0 fully saturated rings. The van der Waals surface area contributed by atoms with Crippen molar-refractivity contribution in [1.29, 1.82) is 0 Å². The molecule has 0 saturated heterocycles. The highest BCUT2D eigenvalue weighted by atomic mass is 35.5. The predicted molar refractivity (Wildman–Crippen MR) is 85.1 cm³/mol. The number of amides is 1. The lowest BCUT2D eigenvalue weighted by Gasteiger charge is -2.12. The molecule has 1 amide bonds. The lowest BCUT2D eigenvalue weighted by atomic mass is 10.1. The molecule has 24 heavy (non-hydrogen) atoms. The van der Waals surface area contributed by atoms with Crippen LogP contribution in [0.4, 0.5) is 10.1 Å². The lowest BCUT2D eigenvalue weighted by molar-refractivity contribution is 0.102. The smallest absolute Gasteiger partial charge is 0.259 e. The van der Waals surface area contributed by atoms with E-state index in [2.05, 4.69) is 20.8 Å². The SMILES string of the molecule is COc1cc(-n2cnnn2)c(Cl)cc1C(=O)Nc1cccc(F)c1. The molecule has 7 nitrogen and oxygen atoms in total. The number of halogens is 2. The zero-order valence-corrected chi connectivity index (χ0v) is 13.2. The van der Waals surface area contributed by atoms with E-state index in [1.807, 2.05) is 0 Å². The first-order valence-electron chi connectivity index (χ1n) is 6.76. The third-order valence-corrected chi connectivity index (χ3v) is 3.49. The standard InChI is InChI=1S/C15H11ClFN5O2/c1-24-14-7-13(22-8-18-20-21-22)12(16)6-11(14)15(23)19-10-4-2-3-9(17)5-10/h2-8H,1H3,(H,19,23). The molecule has 3 rings (SSSR count). The van der Waals surface area contributed by atoms with Crippen LogP contribution in [0.3, 0.4) is 0 Å². The number of nitrogens with one attached hydrogen (secondary N) is 1. The molecule has 1 aromatic heterocycles. The Labute approximate surface area is 141 Å². The summed E-state index contributed by atoms with van der Waals surface area (Å²) in [6.45, 7) is 0. The van der Waals surface area contributed by atoms with E-state index < -0.39 is 11.7 Å². The highest BCUT2D eigenvalue weighted by Gasteiger charge is 2.17. The third-order valence-electron chi connectivity index (χ3n) is 3.19. The van der Waals surface area contributed by atoms with Crippen LogP contribution in [0.15, 0.2) is 42.7 Å². The minimum Gasteiger partial charge on any atom is -0.496 e. The first-order chi connectivity index (χ1) is 11.6. The van der Waals surface area contributed by atoms with E-state index in [4.69, 9.17) is 16.3 Å². The van der Waals surface area contributed by atoms with E-state index in [1.165, 1.54) is 42.4 Å². The van der Waals surface area contributed by atoms with Crippen molar-refractivity contribution in [3.63, 3.8) is 0 Å². The second-order valence-corrected chi connectivity index (χ2v) is 5.13. The van der Waals surface area contributed by atoms with Crippen molar-refractivity contribution in [3.8, 4) is 11.4 Å². The maximum absolute atomic E-state index is 13.2. The number of hydrogen-bond acceptors (Lipinski definition) is 5. The van der Waals surface area contributed by atoms with Crippen LogP contribution in [0.2, 0.25) is 5.02 Å². The van der Waals surface area contributed by atoms with Gasteiger partial charge in [-0.2, -0.15) is 4.68 Å². The Kier molecular flexibility index (Phi) is 4.39. The van der Waals surface area contributed by atoms with Crippen LogP contribution in [0, 0.1) is 5.82 Å². The van der Waals surface area contributed by atoms with Gasteiger partial charge in [-0.05, 0) is 34.7 Å². The Morgan fingerprint density at radius 2 is 2.17 bits per heavy atom. The molecule has 122 valence electrons. The van der Waals surface area contributed by atoms with E-state index in [1.54, 1.807) is 12.1 Å². The van der Waals surface area contributed by atoms with Crippen LogP contribution in [-0.4, -0.2) is 33.2 Å². The molecule has 1 heterocycles. The lowest BCUT2D eigenvalue weighted by Crippen LogP contribution is -2.14. The molecule has 0 bridgehead atoms. The summed E-state index contributed by atoms with van der Waals surface area (Å²) < 4.78 is 19.8. The summed E-state index contributed by atoms with van der Waals surface area (Å²) in [6, 6.07) is 8.54. The number of anilines is 1. The van der Waals surface area contributed by atoms with Crippen molar-refractivity contribution in [2.45, 2.75) is 0 Å². The quantitative estimate of drug-likeness (QED) is 0.784. The fourth-order valence-electron chi connectivity index (χ4n) is 2.10. The van der Waals surface area contributed by atoms with Crippen molar-refractivity contribution in [2.24, 2.45) is 0 Å². The number of ether oxygens (including phenoxy) is 1. The zero-order chi connectivity index (χ0) is 17.1. The molecule has 1 N–H and O–H groups in total.